The van der Waals surface area contributed by atoms with Crippen molar-refractivity contribution < 1.29 is 9.18 Å². The van der Waals surface area contributed by atoms with E-state index in [0.29, 0.717) is 17.8 Å². The highest BCUT2D eigenvalue weighted by atomic mass is 19.1. The van der Waals surface area contributed by atoms with Crippen molar-refractivity contribution in [1.29, 1.82) is 0 Å². The fraction of sp³-hybridized carbons (Fsp3) is 0.304. The van der Waals surface area contributed by atoms with Crippen molar-refractivity contribution in [2.24, 2.45) is 5.92 Å². The van der Waals surface area contributed by atoms with Crippen molar-refractivity contribution in [2.75, 3.05) is 18.0 Å². The average Bonchev–Trinajstić information content (AvgIpc) is 2.79. The maximum absolute atomic E-state index is 13.1. The monoisotopic (exact) mass is 406 g/mol. The quantitative estimate of drug-likeness (QED) is 0.655. The van der Waals surface area contributed by atoms with E-state index in [4.69, 9.17) is 0 Å². The van der Waals surface area contributed by atoms with Crippen LogP contribution in [0.1, 0.15) is 35.8 Å². The number of Topliss-reactive ketones (excluding diaryl/α,β-unsaturated/α-hetero) is 1. The molecule has 30 heavy (non-hydrogen) atoms. The van der Waals surface area contributed by atoms with E-state index in [-0.39, 0.29) is 23.1 Å². The number of hydrogen-bond acceptors (Lipinski definition) is 5. The topological polar surface area (TPSA) is 79.0 Å². The van der Waals surface area contributed by atoms with E-state index >= 15 is 0 Å². The lowest BCUT2D eigenvalue weighted by Crippen LogP contribution is -2.36. The Hall–Kier alpha value is -3.35. The van der Waals surface area contributed by atoms with Crippen LogP contribution in [-0.4, -0.2) is 33.8 Å². The SMILES string of the molecule is CCc1cc(=O)[nH]c(-c2ccc(N3CCC(C(=O)c4ccc(F)cc4)CC3)nc2)n1. The first kappa shape index (κ1) is 19.9. The molecule has 0 aliphatic carbocycles. The smallest absolute Gasteiger partial charge is 0.251 e. The van der Waals surface area contributed by atoms with Crippen LogP contribution in [0.2, 0.25) is 0 Å². The number of piperidine rings is 1. The van der Waals surface area contributed by atoms with Crippen molar-refractivity contribution in [2.45, 2.75) is 26.2 Å². The van der Waals surface area contributed by atoms with Crippen molar-refractivity contribution in [1.82, 2.24) is 15.0 Å². The van der Waals surface area contributed by atoms with E-state index < -0.39 is 0 Å². The van der Waals surface area contributed by atoms with Crippen molar-refractivity contribution >= 4 is 11.6 Å². The Morgan fingerprint density at radius 3 is 2.53 bits per heavy atom. The van der Waals surface area contributed by atoms with Gasteiger partial charge in [-0.25, -0.2) is 14.4 Å². The van der Waals surface area contributed by atoms with Crippen molar-refractivity contribution in [3.8, 4) is 11.4 Å². The molecule has 6 nitrogen and oxygen atoms in total. The van der Waals surface area contributed by atoms with Crippen LogP contribution in [-0.2, 0) is 6.42 Å². The lowest BCUT2D eigenvalue weighted by molar-refractivity contribution is 0.0900. The number of hydrogen-bond donors (Lipinski definition) is 1. The second kappa shape index (κ2) is 8.57. The van der Waals surface area contributed by atoms with Gasteiger partial charge < -0.3 is 9.88 Å². The van der Waals surface area contributed by atoms with Crippen LogP contribution >= 0.6 is 0 Å². The van der Waals surface area contributed by atoms with Crippen LogP contribution in [0.25, 0.3) is 11.4 Å². The summed E-state index contributed by atoms with van der Waals surface area (Å²) in [7, 11) is 0. The number of carbonyl (C=O) groups excluding carboxylic acids is 1. The number of rotatable bonds is 5. The second-order valence-electron chi connectivity index (χ2n) is 7.48. The summed E-state index contributed by atoms with van der Waals surface area (Å²) < 4.78 is 13.1. The summed E-state index contributed by atoms with van der Waals surface area (Å²) in [5, 5.41) is 0. The van der Waals surface area contributed by atoms with Crippen molar-refractivity contribution in [3.63, 3.8) is 0 Å². The van der Waals surface area contributed by atoms with Gasteiger partial charge >= 0.3 is 0 Å². The third-order valence-corrected chi connectivity index (χ3v) is 5.50. The van der Waals surface area contributed by atoms with E-state index in [1.807, 2.05) is 19.1 Å². The van der Waals surface area contributed by atoms with Crippen LogP contribution in [0.5, 0.6) is 0 Å². The van der Waals surface area contributed by atoms with Gasteiger partial charge in [0, 0.05) is 48.1 Å². The Labute approximate surface area is 173 Å². The Balaban J connectivity index is 1.41. The van der Waals surface area contributed by atoms with Gasteiger partial charge in [-0.1, -0.05) is 6.92 Å². The number of nitrogens with one attached hydrogen (secondary N) is 1. The molecular formula is C23H23FN4O2. The second-order valence-corrected chi connectivity index (χ2v) is 7.48. The van der Waals surface area contributed by atoms with Gasteiger partial charge in [-0.05, 0) is 55.7 Å². The average molecular weight is 406 g/mol. The number of pyridine rings is 1. The molecule has 1 aromatic carbocycles. The Bertz CT molecular complexity index is 1090. The molecule has 0 spiro atoms. The van der Waals surface area contributed by atoms with E-state index in [1.165, 1.54) is 18.2 Å². The molecule has 3 heterocycles. The van der Waals surface area contributed by atoms with E-state index in [0.717, 1.165) is 43.0 Å². The van der Waals surface area contributed by atoms with Crippen LogP contribution in [0.4, 0.5) is 10.2 Å². The largest absolute Gasteiger partial charge is 0.357 e. The zero-order valence-corrected chi connectivity index (χ0v) is 16.8. The minimum absolute atomic E-state index is 0.0583. The molecule has 7 heteroatoms. The number of ketones is 1. The standard InChI is InChI=1S/C23H23FN4O2/c1-2-19-13-21(29)27-23(26-19)17-5-8-20(25-14-17)28-11-9-16(10-12-28)22(30)15-3-6-18(24)7-4-15/h3-8,13-14,16H,2,9-12H2,1H3,(H,26,27,29). The molecule has 0 amide bonds. The Kier molecular flexibility index (Phi) is 5.70. The van der Waals surface area contributed by atoms with Gasteiger partial charge in [0.1, 0.15) is 17.5 Å². The molecular weight excluding hydrogens is 383 g/mol. The molecule has 0 radical (unpaired) electrons. The maximum Gasteiger partial charge on any atom is 0.251 e. The van der Waals surface area contributed by atoms with Crippen LogP contribution in [0.15, 0.2) is 53.5 Å². The lowest BCUT2D eigenvalue weighted by Gasteiger charge is -2.32. The molecule has 2 aromatic heterocycles. The number of aryl methyl sites for hydroxylation is 1. The van der Waals surface area contributed by atoms with Crippen LogP contribution in [0, 0.1) is 11.7 Å². The molecule has 1 N–H and O–H groups in total. The maximum atomic E-state index is 13.1. The summed E-state index contributed by atoms with van der Waals surface area (Å²) in [5.41, 5.74) is 1.89. The van der Waals surface area contributed by atoms with Crippen LogP contribution < -0.4 is 10.5 Å². The van der Waals surface area contributed by atoms with E-state index in [2.05, 4.69) is 19.9 Å². The highest BCUT2D eigenvalue weighted by Gasteiger charge is 2.26. The molecule has 0 saturated carbocycles. The molecule has 0 unspecified atom stereocenters. The first-order valence-electron chi connectivity index (χ1n) is 10.1. The van der Waals surface area contributed by atoms with Gasteiger partial charge in [-0.2, -0.15) is 0 Å². The minimum atomic E-state index is -0.336. The number of H-pyrrole nitrogens is 1. The summed E-state index contributed by atoms with van der Waals surface area (Å²) in [6, 6.07) is 11.1. The number of anilines is 1. The molecule has 0 bridgehead atoms. The number of aromatic amines is 1. The molecule has 1 saturated heterocycles. The van der Waals surface area contributed by atoms with Gasteiger partial charge in [0.2, 0.25) is 0 Å². The number of aromatic nitrogens is 3. The number of benzene rings is 1. The van der Waals surface area contributed by atoms with Gasteiger partial charge in [0.15, 0.2) is 5.78 Å². The first-order valence-corrected chi connectivity index (χ1v) is 10.1. The van der Waals surface area contributed by atoms with Gasteiger partial charge in [0.05, 0.1) is 0 Å². The fourth-order valence-electron chi connectivity index (χ4n) is 3.76. The molecule has 1 fully saturated rings. The lowest BCUT2D eigenvalue weighted by atomic mass is 9.89. The van der Waals surface area contributed by atoms with Gasteiger partial charge in [0.25, 0.3) is 5.56 Å². The number of carbonyl (C=O) groups is 1. The number of halogens is 1. The highest BCUT2D eigenvalue weighted by Crippen LogP contribution is 2.26. The molecule has 3 aromatic rings. The predicted octanol–water partition coefficient (Wildman–Crippen LogP) is 3.63. The van der Waals surface area contributed by atoms with Crippen LogP contribution in [0.3, 0.4) is 0 Å². The molecule has 4 rings (SSSR count). The fourth-order valence-corrected chi connectivity index (χ4v) is 3.76. The molecule has 1 aliphatic heterocycles. The third kappa shape index (κ3) is 4.30. The summed E-state index contributed by atoms with van der Waals surface area (Å²) in [6.45, 7) is 3.41. The normalized spacial score (nSPS) is 14.7. The molecule has 154 valence electrons. The predicted molar refractivity (Wildman–Crippen MR) is 113 cm³/mol. The first-order chi connectivity index (χ1) is 14.5. The third-order valence-electron chi connectivity index (χ3n) is 5.50. The molecule has 0 atom stereocenters. The summed E-state index contributed by atoms with van der Waals surface area (Å²) >= 11 is 0. The van der Waals surface area contributed by atoms with E-state index in [9.17, 15) is 14.0 Å². The zero-order chi connectivity index (χ0) is 21.1. The van der Waals surface area contributed by atoms with Gasteiger partial charge in [-0.3, -0.25) is 9.59 Å². The minimum Gasteiger partial charge on any atom is -0.357 e. The summed E-state index contributed by atoms with van der Waals surface area (Å²) in [6.07, 6.45) is 3.86. The highest BCUT2D eigenvalue weighted by molar-refractivity contribution is 5.98. The zero-order valence-electron chi connectivity index (χ0n) is 16.8. The number of nitrogens with zero attached hydrogens (tertiary/aromatic N) is 3. The van der Waals surface area contributed by atoms with Gasteiger partial charge in [-0.15, -0.1) is 0 Å². The summed E-state index contributed by atoms with van der Waals surface area (Å²) in [5.74, 6) is 1.03. The van der Waals surface area contributed by atoms with E-state index in [1.54, 1.807) is 18.3 Å². The molecule has 1 aliphatic rings. The Morgan fingerprint density at radius 2 is 1.90 bits per heavy atom. The Morgan fingerprint density at radius 1 is 1.17 bits per heavy atom. The summed E-state index contributed by atoms with van der Waals surface area (Å²) in [4.78, 5) is 38.3. The van der Waals surface area contributed by atoms with Crippen molar-refractivity contribution in [3.05, 3.63) is 76.1 Å².